The van der Waals surface area contributed by atoms with Crippen LogP contribution in [0.2, 0.25) is 0 Å². The zero-order valence-corrected chi connectivity index (χ0v) is 13.8. The first-order valence-electron chi connectivity index (χ1n) is 8.59. The zero-order valence-electron chi connectivity index (χ0n) is 13.8. The highest BCUT2D eigenvalue weighted by atomic mass is 15.2. The molecule has 3 unspecified atom stereocenters. The fraction of sp³-hybridized carbons (Fsp3) is 0.684. The van der Waals surface area contributed by atoms with Gasteiger partial charge in [-0.2, -0.15) is 0 Å². The van der Waals surface area contributed by atoms with Crippen LogP contribution in [0.4, 0.5) is 5.69 Å². The summed E-state index contributed by atoms with van der Waals surface area (Å²) >= 11 is 0. The lowest BCUT2D eigenvalue weighted by atomic mass is 9.69. The van der Waals surface area contributed by atoms with E-state index >= 15 is 0 Å². The first kappa shape index (κ1) is 14.9. The summed E-state index contributed by atoms with van der Waals surface area (Å²) in [6, 6.07) is 8.97. The van der Waals surface area contributed by atoms with Gasteiger partial charge in [-0.15, -0.1) is 0 Å². The number of anilines is 1. The van der Waals surface area contributed by atoms with Gasteiger partial charge < -0.3 is 10.6 Å². The molecule has 0 radical (unpaired) electrons. The Kier molecular flexibility index (Phi) is 4.00. The second-order valence-electron chi connectivity index (χ2n) is 7.83. The van der Waals surface area contributed by atoms with Gasteiger partial charge in [-0.25, -0.2) is 0 Å². The minimum Gasteiger partial charge on any atom is -0.364 e. The maximum atomic E-state index is 6.35. The van der Waals surface area contributed by atoms with Gasteiger partial charge in [0.1, 0.15) is 0 Å². The van der Waals surface area contributed by atoms with Crippen molar-refractivity contribution in [2.45, 2.75) is 52.0 Å². The summed E-state index contributed by atoms with van der Waals surface area (Å²) in [7, 11) is 0. The van der Waals surface area contributed by atoms with Gasteiger partial charge in [-0.1, -0.05) is 39.0 Å². The lowest BCUT2D eigenvalue weighted by Gasteiger charge is -2.53. The topological polar surface area (TPSA) is 29.3 Å². The number of para-hydroxylation sites is 1. The molecule has 3 atom stereocenters. The van der Waals surface area contributed by atoms with Crippen molar-refractivity contribution in [2.75, 3.05) is 18.0 Å². The van der Waals surface area contributed by atoms with E-state index in [1.807, 2.05) is 0 Å². The van der Waals surface area contributed by atoms with Crippen LogP contribution in [0.25, 0.3) is 0 Å². The Labute approximate surface area is 129 Å². The summed E-state index contributed by atoms with van der Waals surface area (Å²) < 4.78 is 0. The van der Waals surface area contributed by atoms with Crippen molar-refractivity contribution >= 4 is 5.69 Å². The molecule has 1 heterocycles. The van der Waals surface area contributed by atoms with Crippen LogP contribution in [0.5, 0.6) is 0 Å². The highest BCUT2D eigenvalue weighted by Crippen LogP contribution is 2.44. The minimum absolute atomic E-state index is 0.169. The van der Waals surface area contributed by atoms with Gasteiger partial charge in [-0.3, -0.25) is 0 Å². The Morgan fingerprint density at radius 2 is 1.76 bits per heavy atom. The molecule has 3 rings (SSSR count). The molecule has 2 aliphatic rings. The number of fused-ring (bicyclic) bond motifs is 1. The summed E-state index contributed by atoms with van der Waals surface area (Å²) in [4.78, 5) is 2.68. The second-order valence-corrected chi connectivity index (χ2v) is 7.83. The van der Waals surface area contributed by atoms with Crippen LogP contribution >= 0.6 is 0 Å². The van der Waals surface area contributed by atoms with Gasteiger partial charge in [0.15, 0.2) is 0 Å². The van der Waals surface area contributed by atoms with E-state index in [1.165, 1.54) is 36.9 Å². The standard InChI is InChI=1S/C19H30N2/c1-14-8-15(2)11-19(10-14,13-20)21-12-16(3)9-17-6-4-5-7-18(17)21/h4-7,14-16H,8-13,20H2,1-3H3. The van der Waals surface area contributed by atoms with Crippen LogP contribution in [0.1, 0.15) is 45.6 Å². The van der Waals surface area contributed by atoms with E-state index in [2.05, 4.69) is 49.9 Å². The normalized spacial score (nSPS) is 36.4. The van der Waals surface area contributed by atoms with Gasteiger partial charge in [0.05, 0.1) is 5.54 Å². The maximum Gasteiger partial charge on any atom is 0.0529 e. The Morgan fingerprint density at radius 1 is 1.10 bits per heavy atom. The van der Waals surface area contributed by atoms with Gasteiger partial charge >= 0.3 is 0 Å². The Balaban J connectivity index is 2.01. The van der Waals surface area contributed by atoms with Crippen LogP contribution in [0, 0.1) is 17.8 Å². The van der Waals surface area contributed by atoms with Crippen molar-refractivity contribution in [2.24, 2.45) is 23.5 Å². The largest absolute Gasteiger partial charge is 0.364 e. The highest BCUT2D eigenvalue weighted by molar-refractivity contribution is 5.58. The Bertz CT molecular complexity index is 486. The zero-order chi connectivity index (χ0) is 15.0. The summed E-state index contributed by atoms with van der Waals surface area (Å²) in [5, 5.41) is 0. The average Bonchev–Trinajstić information content (AvgIpc) is 2.45. The van der Waals surface area contributed by atoms with Crippen molar-refractivity contribution in [3.8, 4) is 0 Å². The summed E-state index contributed by atoms with van der Waals surface area (Å²) in [6.45, 7) is 9.12. The van der Waals surface area contributed by atoms with Crippen molar-refractivity contribution in [3.63, 3.8) is 0 Å². The van der Waals surface area contributed by atoms with Gasteiger partial charge in [0, 0.05) is 18.8 Å². The molecule has 1 aromatic rings. The lowest BCUT2D eigenvalue weighted by molar-refractivity contribution is 0.171. The smallest absolute Gasteiger partial charge is 0.0529 e. The lowest BCUT2D eigenvalue weighted by Crippen LogP contribution is -2.60. The van der Waals surface area contributed by atoms with Gasteiger partial charge in [-0.05, 0) is 55.1 Å². The number of benzene rings is 1. The molecule has 116 valence electrons. The third-order valence-corrected chi connectivity index (χ3v) is 5.56. The van der Waals surface area contributed by atoms with Crippen molar-refractivity contribution < 1.29 is 0 Å². The van der Waals surface area contributed by atoms with Crippen LogP contribution < -0.4 is 10.6 Å². The fourth-order valence-corrected chi connectivity index (χ4v) is 4.98. The van der Waals surface area contributed by atoms with E-state index < -0.39 is 0 Å². The first-order chi connectivity index (χ1) is 10.0. The van der Waals surface area contributed by atoms with Crippen LogP contribution in [-0.2, 0) is 6.42 Å². The molecule has 2 N–H and O–H groups in total. The van der Waals surface area contributed by atoms with Crippen molar-refractivity contribution in [1.82, 2.24) is 0 Å². The van der Waals surface area contributed by atoms with Crippen LogP contribution in [-0.4, -0.2) is 18.6 Å². The quantitative estimate of drug-likeness (QED) is 0.895. The molecule has 2 heteroatoms. The molecule has 0 aromatic heterocycles. The van der Waals surface area contributed by atoms with E-state index in [9.17, 15) is 0 Å². The molecular formula is C19H30N2. The summed E-state index contributed by atoms with van der Waals surface area (Å²) in [5.41, 5.74) is 9.48. The molecular weight excluding hydrogens is 256 g/mol. The Morgan fingerprint density at radius 3 is 2.43 bits per heavy atom. The first-order valence-corrected chi connectivity index (χ1v) is 8.59. The maximum absolute atomic E-state index is 6.35. The monoisotopic (exact) mass is 286 g/mol. The second kappa shape index (κ2) is 5.64. The third-order valence-electron chi connectivity index (χ3n) is 5.56. The summed E-state index contributed by atoms with van der Waals surface area (Å²) in [6.07, 6.45) is 5.05. The number of rotatable bonds is 2. The molecule has 1 aliphatic carbocycles. The van der Waals surface area contributed by atoms with Crippen molar-refractivity contribution in [3.05, 3.63) is 29.8 Å². The molecule has 1 aromatic carbocycles. The molecule has 0 saturated heterocycles. The van der Waals surface area contributed by atoms with Gasteiger partial charge in [0.25, 0.3) is 0 Å². The molecule has 0 spiro atoms. The van der Waals surface area contributed by atoms with Crippen molar-refractivity contribution in [1.29, 1.82) is 0 Å². The Hall–Kier alpha value is -1.02. The van der Waals surface area contributed by atoms with E-state index in [-0.39, 0.29) is 5.54 Å². The number of nitrogens with zero attached hydrogens (tertiary/aromatic N) is 1. The van der Waals surface area contributed by atoms with E-state index in [4.69, 9.17) is 5.73 Å². The van der Waals surface area contributed by atoms with Crippen LogP contribution in [0.15, 0.2) is 24.3 Å². The van der Waals surface area contributed by atoms with E-state index in [0.717, 1.165) is 30.8 Å². The van der Waals surface area contributed by atoms with E-state index in [0.29, 0.717) is 0 Å². The highest BCUT2D eigenvalue weighted by Gasteiger charge is 2.43. The number of nitrogens with two attached hydrogens (primary N) is 1. The number of hydrogen-bond donors (Lipinski definition) is 1. The van der Waals surface area contributed by atoms with E-state index in [1.54, 1.807) is 0 Å². The van der Waals surface area contributed by atoms with Crippen LogP contribution in [0.3, 0.4) is 0 Å². The molecule has 21 heavy (non-hydrogen) atoms. The molecule has 0 amide bonds. The average molecular weight is 286 g/mol. The molecule has 0 bridgehead atoms. The molecule has 1 saturated carbocycles. The SMILES string of the molecule is CC1Cc2ccccc2N(C2(CN)CC(C)CC(C)C2)C1. The summed E-state index contributed by atoms with van der Waals surface area (Å²) in [5.74, 6) is 2.28. The van der Waals surface area contributed by atoms with Gasteiger partial charge in [0.2, 0.25) is 0 Å². The molecule has 2 nitrogen and oxygen atoms in total. The minimum atomic E-state index is 0.169. The third kappa shape index (κ3) is 2.70. The molecule has 1 aliphatic heterocycles. The molecule has 1 fully saturated rings. The predicted octanol–water partition coefficient (Wildman–Crippen LogP) is 3.84. The predicted molar refractivity (Wildman–Crippen MR) is 90.6 cm³/mol. The fourth-order valence-electron chi connectivity index (χ4n) is 4.98. The number of hydrogen-bond acceptors (Lipinski definition) is 2.